The van der Waals surface area contributed by atoms with Crippen LogP contribution in [0.4, 0.5) is 0 Å². The standard InChI is InChI=1S/C16H17BrN2/c17-13-3-1-11(2-4-13)12-7-14(18-9-12)15-8-16(5-6-16)10-19-15/h1-4,9,15,19H,5-8,10H2/t15-/m0/s1. The van der Waals surface area contributed by atoms with Crippen molar-refractivity contribution in [2.24, 2.45) is 10.4 Å². The summed E-state index contributed by atoms with van der Waals surface area (Å²) in [5, 5.41) is 3.66. The van der Waals surface area contributed by atoms with Crippen molar-refractivity contribution in [3.63, 3.8) is 0 Å². The van der Waals surface area contributed by atoms with Gasteiger partial charge in [-0.25, -0.2) is 0 Å². The van der Waals surface area contributed by atoms with E-state index >= 15 is 0 Å². The average molecular weight is 317 g/mol. The Hall–Kier alpha value is -0.930. The zero-order chi connectivity index (χ0) is 12.9. The minimum atomic E-state index is 0.520. The zero-order valence-corrected chi connectivity index (χ0v) is 12.4. The monoisotopic (exact) mass is 316 g/mol. The minimum Gasteiger partial charge on any atom is -0.308 e. The van der Waals surface area contributed by atoms with Crippen molar-refractivity contribution >= 4 is 27.2 Å². The van der Waals surface area contributed by atoms with E-state index in [-0.39, 0.29) is 0 Å². The maximum atomic E-state index is 4.67. The van der Waals surface area contributed by atoms with E-state index in [0.29, 0.717) is 11.5 Å². The van der Waals surface area contributed by atoms with E-state index in [1.165, 1.54) is 42.7 Å². The molecule has 1 spiro atoms. The quantitative estimate of drug-likeness (QED) is 0.882. The number of halogens is 1. The van der Waals surface area contributed by atoms with Gasteiger partial charge in [0.2, 0.25) is 0 Å². The molecule has 1 atom stereocenters. The molecule has 1 aromatic rings. The van der Waals surface area contributed by atoms with Crippen molar-refractivity contribution in [1.29, 1.82) is 0 Å². The molecule has 1 aromatic carbocycles. The lowest BCUT2D eigenvalue weighted by molar-refractivity contribution is 0.568. The Labute approximate surface area is 122 Å². The van der Waals surface area contributed by atoms with Gasteiger partial charge < -0.3 is 5.32 Å². The molecular weight excluding hydrogens is 300 g/mol. The van der Waals surface area contributed by atoms with E-state index in [1.54, 1.807) is 0 Å². The van der Waals surface area contributed by atoms with Crippen molar-refractivity contribution in [2.75, 3.05) is 6.54 Å². The first-order chi connectivity index (χ1) is 9.24. The summed E-state index contributed by atoms with van der Waals surface area (Å²) >= 11 is 3.48. The summed E-state index contributed by atoms with van der Waals surface area (Å²) in [5.41, 5.74) is 4.62. The molecule has 1 saturated carbocycles. The van der Waals surface area contributed by atoms with E-state index < -0.39 is 0 Å². The van der Waals surface area contributed by atoms with Gasteiger partial charge in [-0.05, 0) is 47.9 Å². The second-order valence-electron chi connectivity index (χ2n) is 6.10. The van der Waals surface area contributed by atoms with E-state index in [0.717, 1.165) is 10.9 Å². The van der Waals surface area contributed by atoms with Gasteiger partial charge in [0.25, 0.3) is 0 Å². The first-order valence-electron chi connectivity index (χ1n) is 6.99. The smallest absolute Gasteiger partial charge is 0.0464 e. The van der Waals surface area contributed by atoms with Crippen molar-refractivity contribution in [1.82, 2.24) is 5.32 Å². The van der Waals surface area contributed by atoms with Gasteiger partial charge in [0.05, 0.1) is 0 Å². The van der Waals surface area contributed by atoms with Gasteiger partial charge in [0, 0.05) is 35.4 Å². The molecule has 0 unspecified atom stereocenters. The maximum Gasteiger partial charge on any atom is 0.0464 e. The highest BCUT2D eigenvalue weighted by Gasteiger charge is 2.49. The molecule has 2 heterocycles. The number of rotatable bonds is 2. The van der Waals surface area contributed by atoms with Crippen molar-refractivity contribution in [3.05, 3.63) is 40.5 Å². The Morgan fingerprint density at radius 3 is 2.68 bits per heavy atom. The molecule has 0 radical (unpaired) electrons. The van der Waals surface area contributed by atoms with Gasteiger partial charge in [-0.1, -0.05) is 28.1 Å². The third-order valence-electron chi connectivity index (χ3n) is 4.69. The minimum absolute atomic E-state index is 0.520. The summed E-state index contributed by atoms with van der Waals surface area (Å²) < 4.78 is 1.13. The Kier molecular flexibility index (Phi) is 2.68. The van der Waals surface area contributed by atoms with Crippen LogP contribution in [0, 0.1) is 5.41 Å². The summed E-state index contributed by atoms with van der Waals surface area (Å²) in [4.78, 5) is 4.67. The summed E-state index contributed by atoms with van der Waals surface area (Å²) in [7, 11) is 0. The lowest BCUT2D eigenvalue weighted by Crippen LogP contribution is -2.29. The van der Waals surface area contributed by atoms with Crippen LogP contribution in [0.1, 0.15) is 31.2 Å². The van der Waals surface area contributed by atoms with Crippen molar-refractivity contribution in [3.8, 4) is 0 Å². The molecule has 98 valence electrons. The van der Waals surface area contributed by atoms with Crippen molar-refractivity contribution in [2.45, 2.75) is 31.7 Å². The molecule has 1 N–H and O–H groups in total. The van der Waals surface area contributed by atoms with E-state index in [1.807, 2.05) is 0 Å². The first kappa shape index (κ1) is 11.9. The van der Waals surface area contributed by atoms with Crippen LogP contribution in [0.25, 0.3) is 5.57 Å². The third-order valence-corrected chi connectivity index (χ3v) is 5.22. The van der Waals surface area contributed by atoms with Gasteiger partial charge >= 0.3 is 0 Å². The fourth-order valence-electron chi connectivity index (χ4n) is 3.21. The normalized spacial score (nSPS) is 27.5. The van der Waals surface area contributed by atoms with E-state index in [9.17, 15) is 0 Å². The number of benzene rings is 1. The highest BCUT2D eigenvalue weighted by atomic mass is 79.9. The van der Waals surface area contributed by atoms with Crippen LogP contribution in [0.3, 0.4) is 0 Å². The molecule has 3 heteroatoms. The lowest BCUT2D eigenvalue weighted by Gasteiger charge is -2.11. The number of nitrogens with one attached hydrogen (secondary N) is 1. The second kappa shape index (κ2) is 4.29. The predicted octanol–water partition coefficient (Wildman–Crippen LogP) is 3.78. The molecule has 19 heavy (non-hydrogen) atoms. The molecule has 0 aromatic heterocycles. The number of hydrogen-bond donors (Lipinski definition) is 1. The van der Waals surface area contributed by atoms with Crippen LogP contribution >= 0.6 is 15.9 Å². The fraction of sp³-hybridized carbons (Fsp3) is 0.438. The Bertz CT molecular complexity index is 567. The van der Waals surface area contributed by atoms with E-state index in [4.69, 9.17) is 0 Å². The van der Waals surface area contributed by atoms with Crippen LogP contribution in [0.5, 0.6) is 0 Å². The Morgan fingerprint density at radius 2 is 2.00 bits per heavy atom. The van der Waals surface area contributed by atoms with Crippen LogP contribution in [-0.2, 0) is 0 Å². The molecule has 1 aliphatic carbocycles. The SMILES string of the molecule is Brc1ccc(C2=CN=C([C@@H]3CC4(CC4)CN3)C2)cc1. The Morgan fingerprint density at radius 1 is 1.21 bits per heavy atom. The Balaban J connectivity index is 1.45. The van der Waals surface area contributed by atoms with Gasteiger partial charge in [-0.2, -0.15) is 0 Å². The van der Waals surface area contributed by atoms with Crippen LogP contribution in [0.15, 0.2) is 39.9 Å². The molecule has 2 nitrogen and oxygen atoms in total. The summed E-state index contributed by atoms with van der Waals surface area (Å²) in [6.45, 7) is 1.20. The molecule has 3 aliphatic rings. The topological polar surface area (TPSA) is 24.4 Å². The molecule has 0 amide bonds. The molecule has 4 rings (SSSR count). The number of allylic oxidation sites excluding steroid dienone is 1. The molecule has 0 bridgehead atoms. The number of aliphatic imine (C=N–C) groups is 1. The van der Waals surface area contributed by atoms with Gasteiger partial charge in [-0.15, -0.1) is 0 Å². The largest absolute Gasteiger partial charge is 0.308 e. The van der Waals surface area contributed by atoms with Crippen LogP contribution in [0.2, 0.25) is 0 Å². The highest BCUT2D eigenvalue weighted by Crippen LogP contribution is 2.52. The zero-order valence-electron chi connectivity index (χ0n) is 10.8. The van der Waals surface area contributed by atoms with Gasteiger partial charge in [0.1, 0.15) is 0 Å². The third kappa shape index (κ3) is 2.19. The molecular formula is C16H17BrN2. The lowest BCUT2D eigenvalue weighted by atomic mass is 9.96. The first-order valence-corrected chi connectivity index (χ1v) is 7.78. The number of hydrogen-bond acceptors (Lipinski definition) is 2. The predicted molar refractivity (Wildman–Crippen MR) is 82.2 cm³/mol. The fourth-order valence-corrected chi connectivity index (χ4v) is 3.48. The molecule has 1 saturated heterocycles. The number of nitrogens with zero attached hydrogens (tertiary/aromatic N) is 1. The molecule has 2 aliphatic heterocycles. The summed E-state index contributed by atoms with van der Waals surface area (Å²) in [6, 6.07) is 9.05. The average Bonchev–Trinajstić information content (AvgIpc) is 2.85. The maximum absolute atomic E-state index is 4.67. The summed E-state index contributed by atoms with van der Waals surface area (Å²) in [5.74, 6) is 0. The van der Waals surface area contributed by atoms with E-state index in [2.05, 4.69) is 56.7 Å². The van der Waals surface area contributed by atoms with Crippen LogP contribution in [-0.4, -0.2) is 18.3 Å². The summed E-state index contributed by atoms with van der Waals surface area (Å²) in [6.07, 6.45) is 7.19. The van der Waals surface area contributed by atoms with Crippen LogP contribution < -0.4 is 5.32 Å². The molecule has 2 fully saturated rings. The van der Waals surface area contributed by atoms with Gasteiger partial charge in [-0.3, -0.25) is 4.99 Å². The van der Waals surface area contributed by atoms with Gasteiger partial charge in [0.15, 0.2) is 0 Å². The highest BCUT2D eigenvalue weighted by molar-refractivity contribution is 9.10. The second-order valence-corrected chi connectivity index (χ2v) is 7.01. The van der Waals surface area contributed by atoms with Crippen molar-refractivity contribution < 1.29 is 0 Å².